The molecule has 23 heavy (non-hydrogen) atoms. The molecule has 2 aliphatic heterocycles. The van der Waals surface area contributed by atoms with Gasteiger partial charge in [-0.1, -0.05) is 6.42 Å². The maximum absolute atomic E-state index is 12.6. The molecular formula is C17H23N3O3. The van der Waals surface area contributed by atoms with Crippen molar-refractivity contribution in [3.05, 3.63) is 30.1 Å². The Morgan fingerprint density at radius 3 is 2.87 bits per heavy atom. The van der Waals surface area contributed by atoms with Crippen LogP contribution >= 0.6 is 0 Å². The first-order valence-electron chi connectivity index (χ1n) is 8.31. The van der Waals surface area contributed by atoms with E-state index in [9.17, 15) is 9.59 Å². The number of aromatic nitrogens is 1. The van der Waals surface area contributed by atoms with Gasteiger partial charge in [0, 0.05) is 31.9 Å². The summed E-state index contributed by atoms with van der Waals surface area (Å²) in [5, 5.41) is 0. The van der Waals surface area contributed by atoms with E-state index in [1.165, 1.54) is 0 Å². The highest BCUT2D eigenvalue weighted by Gasteiger charge is 2.27. The largest absolute Gasteiger partial charge is 0.370 e. The number of hydrogen-bond acceptors (Lipinski definition) is 4. The molecule has 6 heteroatoms. The number of morpholine rings is 1. The number of pyridine rings is 1. The SMILES string of the molecule is O=C1CCCCCN1CC(=O)N1CCO[C@@H](c2ccncc2)C1. The van der Waals surface area contributed by atoms with Crippen molar-refractivity contribution in [2.75, 3.05) is 32.8 Å². The molecular weight excluding hydrogens is 294 g/mol. The minimum absolute atomic E-state index is 0.0163. The minimum Gasteiger partial charge on any atom is -0.370 e. The summed E-state index contributed by atoms with van der Waals surface area (Å²) in [6, 6.07) is 3.83. The quantitative estimate of drug-likeness (QED) is 0.845. The molecule has 3 heterocycles. The Kier molecular flexibility index (Phi) is 5.23. The van der Waals surface area contributed by atoms with Crippen LogP contribution < -0.4 is 0 Å². The molecule has 0 spiro atoms. The summed E-state index contributed by atoms with van der Waals surface area (Å²) in [5.41, 5.74) is 1.03. The van der Waals surface area contributed by atoms with E-state index in [2.05, 4.69) is 4.98 Å². The molecule has 0 saturated carbocycles. The first-order chi connectivity index (χ1) is 11.2. The van der Waals surface area contributed by atoms with E-state index in [-0.39, 0.29) is 24.5 Å². The highest BCUT2D eigenvalue weighted by Crippen LogP contribution is 2.22. The Morgan fingerprint density at radius 2 is 2.04 bits per heavy atom. The van der Waals surface area contributed by atoms with Crippen LogP contribution in [0, 0.1) is 0 Å². The Bertz CT molecular complexity index is 549. The highest BCUT2D eigenvalue weighted by molar-refractivity contribution is 5.85. The molecule has 0 bridgehead atoms. The van der Waals surface area contributed by atoms with Crippen LogP contribution in [0.5, 0.6) is 0 Å². The van der Waals surface area contributed by atoms with Crippen molar-refractivity contribution < 1.29 is 14.3 Å². The van der Waals surface area contributed by atoms with Gasteiger partial charge in [-0.25, -0.2) is 0 Å². The number of hydrogen-bond donors (Lipinski definition) is 0. The van der Waals surface area contributed by atoms with Crippen LogP contribution in [0.2, 0.25) is 0 Å². The third-order valence-electron chi connectivity index (χ3n) is 4.49. The third-order valence-corrected chi connectivity index (χ3v) is 4.49. The van der Waals surface area contributed by atoms with E-state index in [1.54, 1.807) is 17.3 Å². The van der Waals surface area contributed by atoms with E-state index in [1.807, 2.05) is 17.0 Å². The number of nitrogens with zero attached hydrogens (tertiary/aromatic N) is 3. The van der Waals surface area contributed by atoms with Crippen molar-refractivity contribution in [2.24, 2.45) is 0 Å². The summed E-state index contributed by atoms with van der Waals surface area (Å²) >= 11 is 0. The lowest BCUT2D eigenvalue weighted by atomic mass is 10.1. The fraction of sp³-hybridized carbons (Fsp3) is 0.588. The Labute approximate surface area is 136 Å². The molecule has 0 unspecified atom stereocenters. The van der Waals surface area contributed by atoms with Crippen LogP contribution in [0.1, 0.15) is 37.4 Å². The van der Waals surface area contributed by atoms with Gasteiger partial charge in [-0.2, -0.15) is 0 Å². The third kappa shape index (κ3) is 4.07. The molecule has 1 atom stereocenters. The number of likely N-dealkylation sites (tertiary alicyclic amines) is 1. The van der Waals surface area contributed by atoms with Gasteiger partial charge in [0.2, 0.25) is 11.8 Å². The molecule has 2 amide bonds. The molecule has 0 N–H and O–H groups in total. The van der Waals surface area contributed by atoms with Gasteiger partial charge < -0.3 is 14.5 Å². The molecule has 2 aliphatic rings. The molecule has 1 aromatic heterocycles. The van der Waals surface area contributed by atoms with Crippen LogP contribution in [0.25, 0.3) is 0 Å². The summed E-state index contributed by atoms with van der Waals surface area (Å²) in [7, 11) is 0. The maximum atomic E-state index is 12.6. The highest BCUT2D eigenvalue weighted by atomic mass is 16.5. The zero-order valence-corrected chi connectivity index (χ0v) is 13.3. The Morgan fingerprint density at radius 1 is 1.22 bits per heavy atom. The zero-order valence-electron chi connectivity index (χ0n) is 13.3. The average Bonchev–Trinajstić information content (AvgIpc) is 2.80. The van der Waals surface area contributed by atoms with Crippen LogP contribution in [0.15, 0.2) is 24.5 Å². The van der Waals surface area contributed by atoms with E-state index >= 15 is 0 Å². The van der Waals surface area contributed by atoms with Gasteiger partial charge in [-0.3, -0.25) is 14.6 Å². The van der Waals surface area contributed by atoms with Gasteiger partial charge >= 0.3 is 0 Å². The van der Waals surface area contributed by atoms with Gasteiger partial charge in [0.25, 0.3) is 0 Å². The second-order valence-electron chi connectivity index (χ2n) is 6.11. The van der Waals surface area contributed by atoms with Crippen LogP contribution in [0.3, 0.4) is 0 Å². The second-order valence-corrected chi connectivity index (χ2v) is 6.11. The molecule has 0 aliphatic carbocycles. The number of carbonyl (C=O) groups is 2. The summed E-state index contributed by atoms with van der Waals surface area (Å²) in [4.78, 5) is 32.1. The summed E-state index contributed by atoms with van der Waals surface area (Å²) in [5.74, 6) is 0.123. The fourth-order valence-electron chi connectivity index (χ4n) is 3.12. The number of carbonyl (C=O) groups excluding carboxylic acids is 2. The first kappa shape index (κ1) is 15.9. The van der Waals surface area contributed by atoms with Crippen molar-refractivity contribution >= 4 is 11.8 Å². The molecule has 2 fully saturated rings. The first-order valence-corrected chi connectivity index (χ1v) is 8.31. The summed E-state index contributed by atoms with van der Waals surface area (Å²) in [6.07, 6.45) is 6.90. The fourth-order valence-corrected chi connectivity index (χ4v) is 3.12. The number of rotatable bonds is 3. The molecule has 3 rings (SSSR count). The Balaban J connectivity index is 1.59. The lowest BCUT2D eigenvalue weighted by Crippen LogP contribution is -2.47. The number of amides is 2. The van der Waals surface area contributed by atoms with Crippen LogP contribution in [-0.4, -0.2) is 59.4 Å². The van der Waals surface area contributed by atoms with E-state index in [0.717, 1.165) is 24.8 Å². The lowest BCUT2D eigenvalue weighted by molar-refractivity contribution is -0.145. The zero-order chi connectivity index (χ0) is 16.1. The van der Waals surface area contributed by atoms with Gasteiger partial charge in [-0.15, -0.1) is 0 Å². The molecule has 1 aromatic rings. The molecule has 124 valence electrons. The predicted molar refractivity (Wildman–Crippen MR) is 84.6 cm³/mol. The van der Waals surface area contributed by atoms with Crippen molar-refractivity contribution in [3.63, 3.8) is 0 Å². The molecule has 0 radical (unpaired) electrons. The van der Waals surface area contributed by atoms with Crippen molar-refractivity contribution in [1.29, 1.82) is 0 Å². The molecule has 2 saturated heterocycles. The Hall–Kier alpha value is -1.95. The monoisotopic (exact) mass is 317 g/mol. The van der Waals surface area contributed by atoms with Gasteiger partial charge in [0.05, 0.1) is 19.7 Å². The predicted octanol–water partition coefficient (Wildman–Crippen LogP) is 1.38. The topological polar surface area (TPSA) is 62.7 Å². The lowest BCUT2D eigenvalue weighted by Gasteiger charge is -2.34. The number of ether oxygens (including phenoxy) is 1. The van der Waals surface area contributed by atoms with Gasteiger partial charge in [0.1, 0.15) is 6.10 Å². The van der Waals surface area contributed by atoms with E-state index in [0.29, 0.717) is 32.7 Å². The van der Waals surface area contributed by atoms with Crippen molar-refractivity contribution in [3.8, 4) is 0 Å². The average molecular weight is 317 g/mol. The molecule has 0 aromatic carbocycles. The van der Waals surface area contributed by atoms with Crippen molar-refractivity contribution in [2.45, 2.75) is 31.8 Å². The second kappa shape index (κ2) is 7.55. The van der Waals surface area contributed by atoms with E-state index in [4.69, 9.17) is 4.74 Å². The normalized spacial score (nSPS) is 22.8. The smallest absolute Gasteiger partial charge is 0.242 e. The van der Waals surface area contributed by atoms with Gasteiger partial charge in [0.15, 0.2) is 0 Å². The van der Waals surface area contributed by atoms with E-state index < -0.39 is 0 Å². The van der Waals surface area contributed by atoms with Crippen molar-refractivity contribution in [1.82, 2.24) is 14.8 Å². The summed E-state index contributed by atoms with van der Waals surface area (Å²) < 4.78 is 5.77. The molecule has 6 nitrogen and oxygen atoms in total. The van der Waals surface area contributed by atoms with Crippen LogP contribution in [-0.2, 0) is 14.3 Å². The standard InChI is InChI=1S/C17H23N3O3/c21-16-4-2-1-3-9-19(16)13-17(22)20-10-11-23-15(12-20)14-5-7-18-8-6-14/h5-8,15H,1-4,9-13H2/t15-/m1/s1. The van der Waals surface area contributed by atoms with Crippen LogP contribution in [0.4, 0.5) is 0 Å². The summed E-state index contributed by atoms with van der Waals surface area (Å²) in [6.45, 7) is 2.53. The maximum Gasteiger partial charge on any atom is 0.242 e. The van der Waals surface area contributed by atoms with Gasteiger partial charge in [-0.05, 0) is 30.5 Å². The minimum atomic E-state index is -0.115.